The molecule has 5 nitrogen and oxygen atoms in total. The zero-order valence-electron chi connectivity index (χ0n) is 15.6. The lowest BCUT2D eigenvalue weighted by Gasteiger charge is -2.10. The monoisotopic (exact) mass is 379 g/mol. The third-order valence-corrected chi connectivity index (χ3v) is 5.27. The molecular formula is C22H22FN3O2. The fourth-order valence-electron chi connectivity index (χ4n) is 3.78. The Morgan fingerprint density at radius 1 is 1.21 bits per heavy atom. The summed E-state index contributed by atoms with van der Waals surface area (Å²) in [6, 6.07) is 12.0. The highest BCUT2D eigenvalue weighted by Crippen LogP contribution is 2.33. The Kier molecular flexibility index (Phi) is 4.86. The topological polar surface area (TPSA) is 74.0 Å². The van der Waals surface area contributed by atoms with Crippen LogP contribution in [0.1, 0.15) is 24.0 Å². The average molecular weight is 379 g/mol. The molecule has 0 saturated carbocycles. The molecule has 3 aromatic rings. The van der Waals surface area contributed by atoms with E-state index >= 15 is 0 Å². The van der Waals surface area contributed by atoms with Gasteiger partial charge in [-0.2, -0.15) is 0 Å². The average Bonchev–Trinajstić information content (AvgIpc) is 3.25. The van der Waals surface area contributed by atoms with Crippen molar-refractivity contribution in [2.75, 3.05) is 6.54 Å². The highest BCUT2D eigenvalue weighted by molar-refractivity contribution is 5.93. The van der Waals surface area contributed by atoms with Crippen molar-refractivity contribution >= 4 is 22.7 Å². The van der Waals surface area contributed by atoms with Crippen LogP contribution in [-0.4, -0.2) is 29.4 Å². The molecule has 0 aliphatic carbocycles. The van der Waals surface area contributed by atoms with E-state index in [-0.39, 0.29) is 24.1 Å². The number of halogens is 1. The second kappa shape index (κ2) is 7.46. The lowest BCUT2D eigenvalue weighted by atomic mass is 10.00. The van der Waals surface area contributed by atoms with E-state index in [4.69, 9.17) is 0 Å². The highest BCUT2D eigenvalue weighted by atomic mass is 19.1. The molecule has 144 valence electrons. The van der Waals surface area contributed by atoms with Crippen LogP contribution in [0, 0.1) is 12.7 Å². The number of carbonyl (C=O) groups is 2. The molecule has 1 atom stereocenters. The molecule has 0 radical (unpaired) electrons. The fourth-order valence-corrected chi connectivity index (χ4v) is 3.78. The van der Waals surface area contributed by atoms with Crippen LogP contribution in [-0.2, 0) is 16.0 Å². The highest BCUT2D eigenvalue weighted by Gasteiger charge is 2.25. The second-order valence-electron chi connectivity index (χ2n) is 7.18. The Morgan fingerprint density at radius 3 is 2.71 bits per heavy atom. The van der Waals surface area contributed by atoms with Crippen LogP contribution in [0.4, 0.5) is 4.39 Å². The van der Waals surface area contributed by atoms with Crippen molar-refractivity contribution in [2.45, 2.75) is 32.2 Å². The summed E-state index contributed by atoms with van der Waals surface area (Å²) in [6.07, 6.45) is 1.42. The van der Waals surface area contributed by atoms with Gasteiger partial charge in [-0.3, -0.25) is 9.59 Å². The van der Waals surface area contributed by atoms with E-state index in [0.717, 1.165) is 33.3 Å². The third kappa shape index (κ3) is 3.50. The number of benzene rings is 2. The number of para-hydroxylation sites is 1. The van der Waals surface area contributed by atoms with E-state index in [0.29, 0.717) is 19.4 Å². The second-order valence-corrected chi connectivity index (χ2v) is 7.18. The van der Waals surface area contributed by atoms with Crippen molar-refractivity contribution in [3.63, 3.8) is 0 Å². The minimum absolute atomic E-state index is 0.122. The molecule has 4 rings (SSSR count). The van der Waals surface area contributed by atoms with Crippen LogP contribution >= 0.6 is 0 Å². The fraction of sp³-hybridized carbons (Fsp3) is 0.273. The molecule has 3 N–H and O–H groups in total. The van der Waals surface area contributed by atoms with Crippen LogP contribution in [0.15, 0.2) is 42.5 Å². The lowest BCUT2D eigenvalue weighted by Crippen LogP contribution is -2.40. The summed E-state index contributed by atoms with van der Waals surface area (Å²) in [5.74, 6) is -0.552. The molecule has 2 amide bonds. The molecule has 6 heteroatoms. The smallest absolute Gasteiger partial charge is 0.242 e. The summed E-state index contributed by atoms with van der Waals surface area (Å²) >= 11 is 0. The number of rotatable bonds is 5. The van der Waals surface area contributed by atoms with Gasteiger partial charge in [0.15, 0.2) is 0 Å². The molecular weight excluding hydrogens is 357 g/mol. The van der Waals surface area contributed by atoms with Crippen LogP contribution in [0.5, 0.6) is 0 Å². The number of H-pyrrole nitrogens is 1. The molecule has 2 aromatic carbocycles. The summed E-state index contributed by atoms with van der Waals surface area (Å²) in [7, 11) is 0. The number of hydrogen-bond donors (Lipinski definition) is 3. The van der Waals surface area contributed by atoms with Crippen LogP contribution in [0.3, 0.4) is 0 Å². The van der Waals surface area contributed by atoms with Gasteiger partial charge < -0.3 is 15.6 Å². The molecule has 2 heterocycles. The van der Waals surface area contributed by atoms with Crippen LogP contribution in [0.2, 0.25) is 0 Å². The summed E-state index contributed by atoms with van der Waals surface area (Å²) in [6.45, 7) is 2.63. The standard InChI is InChI=1S/C22H22FN3O2/c1-13-3-2-4-16-17(9-10-19(27)25-18-11-12-24-22(18)28)21(26-20(13)16)14-5-7-15(23)8-6-14/h2-8,18,26H,9-12H2,1H3,(H,24,28)(H,25,27). The number of hydrogen-bond acceptors (Lipinski definition) is 2. The molecule has 1 fully saturated rings. The molecule has 0 bridgehead atoms. The molecule has 0 spiro atoms. The Hall–Kier alpha value is -3.15. The van der Waals surface area contributed by atoms with Gasteiger partial charge in [0.05, 0.1) is 0 Å². The van der Waals surface area contributed by atoms with Gasteiger partial charge in [-0.05, 0) is 60.7 Å². The zero-order chi connectivity index (χ0) is 19.7. The minimum Gasteiger partial charge on any atom is -0.354 e. The third-order valence-electron chi connectivity index (χ3n) is 5.27. The number of aryl methyl sites for hydroxylation is 2. The van der Waals surface area contributed by atoms with Crippen molar-refractivity contribution in [1.82, 2.24) is 15.6 Å². The first-order valence-corrected chi connectivity index (χ1v) is 9.46. The van der Waals surface area contributed by atoms with Gasteiger partial charge in [0.1, 0.15) is 11.9 Å². The summed E-state index contributed by atoms with van der Waals surface area (Å²) in [5.41, 5.74) is 4.93. The number of aromatic nitrogens is 1. The first-order chi connectivity index (χ1) is 13.5. The Bertz CT molecular complexity index is 1040. The van der Waals surface area contributed by atoms with E-state index in [2.05, 4.69) is 15.6 Å². The number of nitrogens with one attached hydrogen (secondary N) is 3. The van der Waals surface area contributed by atoms with Crippen molar-refractivity contribution in [2.24, 2.45) is 0 Å². The number of carbonyl (C=O) groups excluding carboxylic acids is 2. The Morgan fingerprint density at radius 2 is 2.00 bits per heavy atom. The zero-order valence-corrected chi connectivity index (χ0v) is 15.6. The lowest BCUT2D eigenvalue weighted by molar-refractivity contribution is -0.127. The Balaban J connectivity index is 1.62. The minimum atomic E-state index is -0.436. The van der Waals surface area contributed by atoms with Crippen molar-refractivity contribution < 1.29 is 14.0 Å². The molecule has 28 heavy (non-hydrogen) atoms. The van der Waals surface area contributed by atoms with Gasteiger partial charge in [0.25, 0.3) is 0 Å². The Labute approximate surface area is 162 Å². The van der Waals surface area contributed by atoms with E-state index < -0.39 is 6.04 Å². The largest absolute Gasteiger partial charge is 0.354 e. The van der Waals surface area contributed by atoms with E-state index in [1.165, 1.54) is 12.1 Å². The van der Waals surface area contributed by atoms with E-state index in [1.807, 2.05) is 25.1 Å². The maximum atomic E-state index is 13.4. The first kappa shape index (κ1) is 18.2. The number of aromatic amines is 1. The quantitative estimate of drug-likeness (QED) is 0.637. The SMILES string of the molecule is Cc1cccc2c(CCC(=O)NC3CCNC3=O)c(-c3ccc(F)cc3)[nH]c12. The van der Waals surface area contributed by atoms with E-state index in [1.54, 1.807) is 12.1 Å². The van der Waals surface area contributed by atoms with Crippen molar-refractivity contribution in [3.8, 4) is 11.3 Å². The molecule has 1 unspecified atom stereocenters. The first-order valence-electron chi connectivity index (χ1n) is 9.46. The van der Waals surface area contributed by atoms with Crippen molar-refractivity contribution in [3.05, 3.63) is 59.4 Å². The maximum Gasteiger partial charge on any atom is 0.242 e. The van der Waals surface area contributed by atoms with Crippen molar-refractivity contribution in [1.29, 1.82) is 0 Å². The molecule has 1 saturated heterocycles. The van der Waals surface area contributed by atoms with Crippen LogP contribution < -0.4 is 10.6 Å². The van der Waals surface area contributed by atoms with Gasteiger partial charge in [-0.15, -0.1) is 0 Å². The molecule has 1 aliphatic heterocycles. The predicted octanol–water partition coefficient (Wildman–Crippen LogP) is 3.22. The number of amides is 2. The summed E-state index contributed by atoms with van der Waals surface area (Å²) < 4.78 is 13.4. The number of fused-ring (bicyclic) bond motifs is 1. The van der Waals surface area contributed by atoms with Gasteiger partial charge >= 0.3 is 0 Å². The summed E-state index contributed by atoms with van der Waals surface area (Å²) in [4.78, 5) is 27.5. The van der Waals surface area contributed by atoms with Gasteiger partial charge in [-0.25, -0.2) is 4.39 Å². The van der Waals surface area contributed by atoms with Gasteiger partial charge in [0, 0.05) is 29.6 Å². The van der Waals surface area contributed by atoms with Gasteiger partial charge in [-0.1, -0.05) is 18.2 Å². The van der Waals surface area contributed by atoms with E-state index in [9.17, 15) is 14.0 Å². The maximum absolute atomic E-state index is 13.4. The molecule has 1 aliphatic rings. The van der Waals surface area contributed by atoms with Gasteiger partial charge in [0.2, 0.25) is 11.8 Å². The predicted molar refractivity (Wildman–Crippen MR) is 106 cm³/mol. The van der Waals surface area contributed by atoms with Crippen LogP contribution in [0.25, 0.3) is 22.2 Å². The summed E-state index contributed by atoms with van der Waals surface area (Å²) in [5, 5.41) is 6.59. The normalized spacial score (nSPS) is 16.4. The molecule has 1 aromatic heterocycles.